The second-order valence-corrected chi connectivity index (χ2v) is 15.3. The van der Waals surface area contributed by atoms with Crippen molar-refractivity contribution in [3.8, 4) is 0 Å². The molecule has 1 saturated heterocycles. The van der Waals surface area contributed by atoms with E-state index >= 15 is 0 Å². The minimum Gasteiger partial charge on any atom is -0.394 e. The zero-order valence-corrected chi connectivity index (χ0v) is 32.7. The van der Waals surface area contributed by atoms with Crippen LogP contribution < -0.4 is 5.32 Å². The highest BCUT2D eigenvalue weighted by Gasteiger charge is 2.44. The first-order chi connectivity index (χ1) is 24.8. The average molecular weight is 732 g/mol. The van der Waals surface area contributed by atoms with Crippen LogP contribution in [0.15, 0.2) is 0 Å². The lowest BCUT2D eigenvalue weighted by Gasteiger charge is -2.40. The fraction of sp³-hybridized carbons (Fsp3) is 0.976. The molecule has 1 amide bonds. The lowest BCUT2D eigenvalue weighted by Crippen LogP contribution is -2.60. The molecule has 2 unspecified atom stereocenters. The number of carbonyl (C=O) groups is 1. The van der Waals surface area contributed by atoms with Gasteiger partial charge in [-0.1, -0.05) is 174 Å². The van der Waals surface area contributed by atoms with E-state index in [1.54, 1.807) is 0 Å². The summed E-state index contributed by atoms with van der Waals surface area (Å²) < 4.78 is 11.1. The fourth-order valence-corrected chi connectivity index (χ4v) is 7.02. The number of hydrogen-bond acceptors (Lipinski definition) is 9. The van der Waals surface area contributed by atoms with Gasteiger partial charge in [-0.25, -0.2) is 0 Å². The highest BCUT2D eigenvalue weighted by molar-refractivity contribution is 5.76. The molecule has 1 rings (SSSR count). The molecule has 0 aromatic carbocycles. The second kappa shape index (κ2) is 32.6. The molecular formula is C41H81NO9. The van der Waals surface area contributed by atoms with E-state index in [-0.39, 0.29) is 18.9 Å². The molecule has 0 aromatic rings. The van der Waals surface area contributed by atoms with Gasteiger partial charge in [0.2, 0.25) is 5.91 Å². The lowest BCUT2D eigenvalue weighted by molar-refractivity contribution is -0.303. The molecule has 1 fully saturated rings. The Morgan fingerprint density at radius 1 is 0.608 bits per heavy atom. The zero-order chi connectivity index (χ0) is 37.5. The quantitative estimate of drug-likeness (QED) is 0.0341. The Balaban J connectivity index is 2.44. The average Bonchev–Trinajstić information content (AvgIpc) is 3.13. The standard InChI is InChI=1S/C41H81NO9/c1-3-5-7-9-11-13-15-17-18-19-21-23-25-27-29-34(44)37(46)33(32-50-41-40(49)39(48)38(47)35(31-43)51-41)42-36(45)30-28-26-24-22-20-16-14-12-10-8-6-4-2/h33-35,37-41,43-44,46-49H,3-32H2,1-2H3,(H,42,45)/t33-,34+,35+,37-,38-,39?,40?,41+/m0/s1. The molecular weight excluding hydrogens is 650 g/mol. The predicted molar refractivity (Wildman–Crippen MR) is 204 cm³/mol. The number of ether oxygens (including phenoxy) is 2. The van der Waals surface area contributed by atoms with Gasteiger partial charge in [0.15, 0.2) is 6.29 Å². The summed E-state index contributed by atoms with van der Waals surface area (Å²) in [6.07, 6.45) is 22.5. The smallest absolute Gasteiger partial charge is 0.220 e. The Morgan fingerprint density at radius 3 is 1.45 bits per heavy atom. The van der Waals surface area contributed by atoms with Crippen LogP contribution >= 0.6 is 0 Å². The highest BCUT2D eigenvalue weighted by atomic mass is 16.7. The minimum atomic E-state index is -1.60. The summed E-state index contributed by atoms with van der Waals surface area (Å²) in [4.78, 5) is 12.9. The van der Waals surface area contributed by atoms with E-state index in [9.17, 15) is 35.4 Å². The van der Waals surface area contributed by atoms with Crippen molar-refractivity contribution < 1.29 is 44.9 Å². The highest BCUT2D eigenvalue weighted by Crippen LogP contribution is 2.23. The number of amides is 1. The van der Waals surface area contributed by atoms with Crippen LogP contribution in [-0.4, -0.2) is 98.7 Å². The minimum absolute atomic E-state index is 0.257. The van der Waals surface area contributed by atoms with Crippen molar-refractivity contribution in [2.75, 3.05) is 13.2 Å². The van der Waals surface area contributed by atoms with E-state index < -0.39 is 55.6 Å². The second-order valence-electron chi connectivity index (χ2n) is 15.3. The Kier molecular flexibility index (Phi) is 30.8. The molecule has 304 valence electrons. The van der Waals surface area contributed by atoms with Gasteiger partial charge in [0.05, 0.1) is 25.4 Å². The SMILES string of the molecule is CCCCCCCCCCCCCCCC[C@@H](O)[C@@H](O)[C@H](CO[C@@H]1O[C@H](CO)[C@H](O)C(O)C1O)NC(=O)CCCCCCCCCCCCCC. The first-order valence-electron chi connectivity index (χ1n) is 21.3. The van der Waals surface area contributed by atoms with Crippen molar-refractivity contribution in [1.29, 1.82) is 0 Å². The molecule has 10 heteroatoms. The summed E-state index contributed by atoms with van der Waals surface area (Å²) in [5, 5.41) is 65.0. The molecule has 0 saturated carbocycles. The van der Waals surface area contributed by atoms with Crippen molar-refractivity contribution >= 4 is 5.91 Å². The maximum atomic E-state index is 12.9. The zero-order valence-electron chi connectivity index (χ0n) is 32.7. The Hall–Kier alpha value is -0.850. The number of unbranched alkanes of at least 4 members (excludes halogenated alkanes) is 24. The maximum absolute atomic E-state index is 12.9. The van der Waals surface area contributed by atoms with Crippen LogP contribution in [-0.2, 0) is 14.3 Å². The summed E-state index contributed by atoms with van der Waals surface area (Å²) in [5.74, 6) is -0.257. The van der Waals surface area contributed by atoms with Crippen molar-refractivity contribution in [3.05, 3.63) is 0 Å². The van der Waals surface area contributed by atoms with E-state index in [1.807, 2.05) is 0 Å². The topological polar surface area (TPSA) is 169 Å². The van der Waals surface area contributed by atoms with Crippen molar-refractivity contribution in [2.24, 2.45) is 0 Å². The molecule has 10 nitrogen and oxygen atoms in total. The summed E-state index contributed by atoms with van der Waals surface area (Å²) in [6.45, 7) is 3.59. The van der Waals surface area contributed by atoms with Gasteiger partial charge in [-0.05, 0) is 12.8 Å². The normalized spacial score (nSPS) is 22.5. The van der Waals surface area contributed by atoms with Crippen LogP contribution in [0.1, 0.15) is 194 Å². The Bertz CT molecular complexity index is 788. The first-order valence-corrected chi connectivity index (χ1v) is 21.3. The monoisotopic (exact) mass is 732 g/mol. The third-order valence-electron chi connectivity index (χ3n) is 10.6. The molecule has 51 heavy (non-hydrogen) atoms. The Morgan fingerprint density at radius 2 is 1.02 bits per heavy atom. The van der Waals surface area contributed by atoms with Crippen molar-refractivity contribution in [2.45, 2.75) is 243 Å². The van der Waals surface area contributed by atoms with Crippen LogP contribution in [0.5, 0.6) is 0 Å². The number of hydrogen-bond donors (Lipinski definition) is 7. The van der Waals surface area contributed by atoms with Gasteiger partial charge in [0.25, 0.3) is 0 Å². The van der Waals surface area contributed by atoms with Crippen LogP contribution in [0.2, 0.25) is 0 Å². The maximum Gasteiger partial charge on any atom is 0.220 e. The molecule has 7 N–H and O–H groups in total. The molecule has 1 aliphatic heterocycles. The largest absolute Gasteiger partial charge is 0.394 e. The van der Waals surface area contributed by atoms with Gasteiger partial charge < -0.3 is 45.4 Å². The molecule has 0 aliphatic carbocycles. The molecule has 1 aliphatic rings. The van der Waals surface area contributed by atoms with Gasteiger partial charge in [-0.15, -0.1) is 0 Å². The van der Waals surface area contributed by atoms with Gasteiger partial charge in [-0.2, -0.15) is 0 Å². The van der Waals surface area contributed by atoms with E-state index in [0.717, 1.165) is 44.9 Å². The van der Waals surface area contributed by atoms with Crippen LogP contribution in [0, 0.1) is 0 Å². The third kappa shape index (κ3) is 23.5. The van der Waals surface area contributed by atoms with E-state index in [0.29, 0.717) is 6.42 Å². The molecule has 0 aromatic heterocycles. The lowest BCUT2D eigenvalue weighted by atomic mass is 9.98. The fourth-order valence-electron chi connectivity index (χ4n) is 7.02. The number of rotatable bonds is 35. The van der Waals surface area contributed by atoms with Crippen LogP contribution in [0.3, 0.4) is 0 Å². The third-order valence-corrected chi connectivity index (χ3v) is 10.6. The van der Waals surface area contributed by atoms with Crippen LogP contribution in [0.4, 0.5) is 0 Å². The molecule has 0 radical (unpaired) electrons. The molecule has 0 spiro atoms. The first kappa shape index (κ1) is 48.2. The Labute approximate surface area is 311 Å². The summed E-state index contributed by atoms with van der Waals surface area (Å²) in [6, 6.07) is -0.983. The summed E-state index contributed by atoms with van der Waals surface area (Å²) >= 11 is 0. The molecule has 0 bridgehead atoms. The van der Waals surface area contributed by atoms with Gasteiger partial charge in [0.1, 0.15) is 30.5 Å². The van der Waals surface area contributed by atoms with E-state index in [1.165, 1.54) is 122 Å². The number of aliphatic hydroxyl groups is 6. The molecule has 8 atom stereocenters. The molecule has 1 heterocycles. The van der Waals surface area contributed by atoms with Crippen molar-refractivity contribution in [3.63, 3.8) is 0 Å². The van der Waals surface area contributed by atoms with Crippen LogP contribution in [0.25, 0.3) is 0 Å². The van der Waals surface area contributed by atoms with Crippen molar-refractivity contribution in [1.82, 2.24) is 5.32 Å². The van der Waals surface area contributed by atoms with Gasteiger partial charge in [0, 0.05) is 6.42 Å². The predicted octanol–water partition coefficient (Wildman–Crippen LogP) is 6.97. The van der Waals surface area contributed by atoms with Gasteiger partial charge in [-0.3, -0.25) is 4.79 Å². The number of aliphatic hydroxyl groups excluding tert-OH is 6. The summed E-state index contributed by atoms with van der Waals surface area (Å²) in [7, 11) is 0. The summed E-state index contributed by atoms with van der Waals surface area (Å²) in [5.41, 5.74) is 0. The van der Waals surface area contributed by atoms with Gasteiger partial charge >= 0.3 is 0 Å². The number of carbonyl (C=O) groups excluding carboxylic acids is 1. The number of nitrogens with one attached hydrogen (secondary N) is 1. The van der Waals surface area contributed by atoms with E-state index in [4.69, 9.17) is 9.47 Å². The van der Waals surface area contributed by atoms with E-state index in [2.05, 4.69) is 19.2 Å².